The zero-order valence-corrected chi connectivity index (χ0v) is 37.2. The number of carbonyl (C=O) groups excluding carboxylic acids is 3. The third-order valence-corrected chi connectivity index (χ3v) is 13.8. The largest absolute Gasteiger partial charge is 0.453 e. The van der Waals surface area contributed by atoms with Crippen LogP contribution in [0.1, 0.15) is 81.3 Å². The molecule has 4 heterocycles. The predicted octanol–water partition coefficient (Wildman–Crippen LogP) is 9.33. The first-order chi connectivity index (χ1) is 32.0. The molecule has 3 aliphatic rings. The van der Waals surface area contributed by atoms with Crippen LogP contribution in [0.4, 0.5) is 13.6 Å². The Balaban J connectivity index is 0.917. The molecule has 0 unspecified atom stereocenters. The molecular weight excluding hydrogens is 843 g/mol. The highest BCUT2D eigenvalue weighted by Crippen LogP contribution is 2.40. The Morgan fingerprint density at radius 1 is 0.803 bits per heavy atom. The Morgan fingerprint density at radius 2 is 1.44 bits per heavy atom. The van der Waals surface area contributed by atoms with Crippen LogP contribution in [0.2, 0.25) is 0 Å². The Labute approximate surface area is 380 Å². The molecule has 3 amide bonds. The number of nitrogens with one attached hydrogen (secondary N) is 4. The van der Waals surface area contributed by atoms with E-state index >= 15 is 0 Å². The average molecular weight is 897 g/mol. The number of hydrogen-bond donors (Lipinski definition) is 4. The summed E-state index contributed by atoms with van der Waals surface area (Å²) in [6, 6.07) is 28.7. The lowest BCUT2D eigenvalue weighted by Crippen LogP contribution is -2.46. The van der Waals surface area contributed by atoms with Crippen molar-refractivity contribution in [3.05, 3.63) is 108 Å². The van der Waals surface area contributed by atoms with E-state index in [0.29, 0.717) is 24.4 Å². The maximum absolute atomic E-state index is 14.6. The first-order valence-electron chi connectivity index (χ1n) is 23.0. The van der Waals surface area contributed by atoms with E-state index in [9.17, 15) is 23.2 Å². The summed E-state index contributed by atoms with van der Waals surface area (Å²) in [7, 11) is 1.39. The van der Waals surface area contributed by atoms with Crippen molar-refractivity contribution in [1.29, 1.82) is 0 Å². The van der Waals surface area contributed by atoms with Crippen LogP contribution in [-0.2, 0) is 19.1 Å². The molecule has 1 saturated carbocycles. The number of hydrogen-bond acceptors (Lipinski definition) is 8. The molecule has 2 aliphatic heterocycles. The normalized spacial score (nSPS) is 20.0. The molecule has 5 atom stereocenters. The van der Waals surface area contributed by atoms with Crippen LogP contribution >= 0.6 is 0 Å². The fourth-order valence-electron chi connectivity index (χ4n) is 10.0. The lowest BCUT2D eigenvalue weighted by atomic mass is 9.98. The van der Waals surface area contributed by atoms with Crippen LogP contribution < -0.4 is 10.6 Å². The smallest absolute Gasteiger partial charge is 0.407 e. The number of ether oxygens (including phenoxy) is 2. The van der Waals surface area contributed by atoms with Gasteiger partial charge in [0.25, 0.3) is 0 Å². The number of fused-ring (bicyclic) bond motifs is 6. The topological polar surface area (TPSA) is 158 Å². The summed E-state index contributed by atoms with van der Waals surface area (Å²) >= 11 is 0. The van der Waals surface area contributed by atoms with E-state index < -0.39 is 24.8 Å². The molecule has 0 spiro atoms. The molecule has 15 heteroatoms. The van der Waals surface area contributed by atoms with Gasteiger partial charge in [-0.15, -0.1) is 0 Å². The van der Waals surface area contributed by atoms with E-state index in [1.165, 1.54) is 7.11 Å². The minimum absolute atomic E-state index is 0.0515. The average Bonchev–Trinajstić information content (AvgIpc) is 3.63. The molecule has 4 N–H and O–H groups in total. The highest BCUT2D eigenvalue weighted by atomic mass is 19.3. The van der Waals surface area contributed by atoms with Crippen molar-refractivity contribution in [3.8, 4) is 11.1 Å². The van der Waals surface area contributed by atoms with Gasteiger partial charge in [0, 0.05) is 41.7 Å². The maximum atomic E-state index is 14.6. The van der Waals surface area contributed by atoms with Crippen LogP contribution in [0, 0.1) is 17.8 Å². The van der Waals surface area contributed by atoms with Gasteiger partial charge in [0.2, 0.25) is 11.8 Å². The van der Waals surface area contributed by atoms with Gasteiger partial charge in [-0.25, -0.2) is 14.8 Å². The summed E-state index contributed by atoms with van der Waals surface area (Å²) in [6.45, 7) is 2.88. The van der Waals surface area contributed by atoms with E-state index in [2.05, 4.69) is 93.9 Å². The standard InChI is InChI=1S/C51H54F2N8O5/c1-28(2)40(56-51(64)65-3)26-60-21-7-10-41(60)46-54-38-19-15-34-23-32(13-17-36(34)44(38)57-46)33-14-18-37-35(24-33)16-20-39-45(37)58-47(55-39)42-22-29(27-66-50(52)53)25-61(42)49(63)43(30-8-5-4-6-9-30)59-48(62)31-11-12-31/h4-6,8-9,13-20,23-24,28-29,31,40-43,50H,7,10-12,21-22,25-27H2,1-3H3,(H,54,57)(H,55,58)(H,56,64)(H,59,62)/t29-,40+,41-,42-,43+/m0/s1. The molecule has 0 bridgehead atoms. The van der Waals surface area contributed by atoms with E-state index in [0.717, 1.165) is 92.8 Å². The first-order valence-corrected chi connectivity index (χ1v) is 23.0. The van der Waals surface area contributed by atoms with Crippen molar-refractivity contribution in [1.82, 2.24) is 40.4 Å². The molecule has 3 fully saturated rings. The molecule has 7 aromatic rings. The van der Waals surface area contributed by atoms with Gasteiger partial charge in [-0.1, -0.05) is 80.6 Å². The van der Waals surface area contributed by atoms with Crippen molar-refractivity contribution >= 4 is 61.5 Å². The summed E-state index contributed by atoms with van der Waals surface area (Å²) < 4.78 is 36.1. The van der Waals surface area contributed by atoms with Gasteiger partial charge in [-0.05, 0) is 96.3 Å². The lowest BCUT2D eigenvalue weighted by molar-refractivity contribution is -0.140. The van der Waals surface area contributed by atoms with Gasteiger partial charge in [-0.2, -0.15) is 8.78 Å². The van der Waals surface area contributed by atoms with Gasteiger partial charge in [-0.3, -0.25) is 14.5 Å². The van der Waals surface area contributed by atoms with Crippen LogP contribution in [0.3, 0.4) is 0 Å². The van der Waals surface area contributed by atoms with Crippen molar-refractivity contribution < 1.29 is 32.6 Å². The summed E-state index contributed by atoms with van der Waals surface area (Å²) in [5.41, 5.74) is 6.19. The fourth-order valence-corrected chi connectivity index (χ4v) is 10.0. The summed E-state index contributed by atoms with van der Waals surface area (Å²) in [6.07, 6.45) is 3.54. The number of carbonyl (C=O) groups is 3. The summed E-state index contributed by atoms with van der Waals surface area (Å²) in [4.78, 5) is 61.1. The minimum atomic E-state index is -2.93. The second-order valence-corrected chi connectivity index (χ2v) is 18.5. The third kappa shape index (κ3) is 8.69. The molecule has 2 saturated heterocycles. The number of benzene rings is 5. The summed E-state index contributed by atoms with van der Waals surface area (Å²) in [5.74, 6) is 0.759. The number of imidazole rings is 2. The number of likely N-dealkylation sites (tertiary alicyclic amines) is 2. The zero-order chi connectivity index (χ0) is 45.6. The molecule has 0 radical (unpaired) electrons. The monoisotopic (exact) mass is 896 g/mol. The molecule has 342 valence electrons. The Kier molecular flexibility index (Phi) is 11.9. The number of aromatic amines is 2. The number of alkyl halides is 2. The van der Waals surface area contributed by atoms with E-state index in [1.807, 2.05) is 36.4 Å². The van der Waals surface area contributed by atoms with Crippen molar-refractivity contribution in [2.24, 2.45) is 17.8 Å². The Morgan fingerprint density at radius 3 is 2.03 bits per heavy atom. The second kappa shape index (κ2) is 18.1. The first kappa shape index (κ1) is 43.4. The highest BCUT2D eigenvalue weighted by Gasteiger charge is 2.43. The fraction of sp³-hybridized carbons (Fsp3) is 0.392. The molecular formula is C51H54F2N8O5. The van der Waals surface area contributed by atoms with Crippen molar-refractivity contribution in [2.75, 3.05) is 33.4 Å². The quantitative estimate of drug-likeness (QED) is 0.0842. The number of aromatic nitrogens is 4. The zero-order valence-electron chi connectivity index (χ0n) is 37.2. The van der Waals surface area contributed by atoms with Gasteiger partial charge in [0.15, 0.2) is 0 Å². The highest BCUT2D eigenvalue weighted by molar-refractivity contribution is 6.07. The van der Waals surface area contributed by atoms with Crippen LogP contribution in [0.25, 0.3) is 54.7 Å². The van der Waals surface area contributed by atoms with Gasteiger partial charge in [0.05, 0.1) is 47.9 Å². The Hall–Kier alpha value is -6.45. The molecule has 10 rings (SSSR count). The van der Waals surface area contributed by atoms with Gasteiger partial charge in [0.1, 0.15) is 17.7 Å². The number of methoxy groups -OCH3 is 1. The van der Waals surface area contributed by atoms with Crippen LogP contribution in [0.15, 0.2) is 91.0 Å². The number of rotatable bonds is 14. The van der Waals surface area contributed by atoms with Crippen LogP contribution in [-0.4, -0.2) is 93.6 Å². The number of H-pyrrole nitrogens is 2. The van der Waals surface area contributed by atoms with Gasteiger partial charge < -0.3 is 35.0 Å². The predicted molar refractivity (Wildman–Crippen MR) is 248 cm³/mol. The number of alkyl carbamates (subject to hydrolysis) is 1. The van der Waals surface area contributed by atoms with E-state index in [4.69, 9.17) is 19.4 Å². The number of halogens is 2. The van der Waals surface area contributed by atoms with E-state index in [-0.39, 0.29) is 54.8 Å². The Bertz CT molecular complexity index is 2930. The maximum Gasteiger partial charge on any atom is 0.407 e. The van der Waals surface area contributed by atoms with Crippen LogP contribution in [0.5, 0.6) is 0 Å². The van der Waals surface area contributed by atoms with Gasteiger partial charge >= 0.3 is 12.7 Å². The minimum Gasteiger partial charge on any atom is -0.453 e. The van der Waals surface area contributed by atoms with Crippen molar-refractivity contribution in [3.63, 3.8) is 0 Å². The lowest BCUT2D eigenvalue weighted by Gasteiger charge is -2.30. The molecule has 1 aliphatic carbocycles. The number of nitrogens with zero attached hydrogens (tertiary/aromatic N) is 4. The molecule has 5 aromatic carbocycles. The summed E-state index contributed by atoms with van der Waals surface area (Å²) in [5, 5.41) is 10.1. The van der Waals surface area contributed by atoms with Crippen molar-refractivity contribution in [2.45, 2.75) is 76.7 Å². The molecule has 66 heavy (non-hydrogen) atoms. The molecule has 13 nitrogen and oxygen atoms in total. The number of amides is 3. The SMILES string of the molecule is COC(=O)N[C@H](CN1CCC[C@H]1c1nc2c(ccc3cc(-c4ccc5c(ccc6[nH]c([C@@H]7C[C@H](COC(F)F)CN7C(=O)[C@H](NC(=O)C7CC7)c7ccccc7)nc65)c4)ccc32)[nH]1)C(C)C. The van der Waals surface area contributed by atoms with E-state index in [1.54, 1.807) is 4.90 Å². The third-order valence-electron chi connectivity index (χ3n) is 13.8. The second-order valence-electron chi connectivity index (χ2n) is 18.5. The molecule has 2 aromatic heterocycles.